The molecule has 0 aromatic carbocycles. The number of fused-ring (bicyclic) bond motifs is 1. The average Bonchev–Trinajstić information content (AvgIpc) is 2.67. The van der Waals surface area contributed by atoms with Gasteiger partial charge < -0.3 is 4.98 Å². The Bertz CT molecular complexity index is 479. The van der Waals surface area contributed by atoms with E-state index in [1.807, 2.05) is 0 Å². The highest BCUT2D eigenvalue weighted by Gasteiger charge is 2.06. The minimum Gasteiger partial charge on any atom is -0.341 e. The Morgan fingerprint density at radius 2 is 2.19 bits per heavy atom. The maximum atomic E-state index is 4.54. The van der Waals surface area contributed by atoms with Gasteiger partial charge in [-0.05, 0) is 18.1 Å². The predicted molar refractivity (Wildman–Crippen MR) is 73.1 cm³/mol. The quantitative estimate of drug-likeness (QED) is 0.649. The molecule has 0 saturated heterocycles. The van der Waals surface area contributed by atoms with E-state index in [0.29, 0.717) is 5.92 Å². The van der Waals surface area contributed by atoms with Gasteiger partial charge in [0.1, 0.15) is 5.82 Å². The van der Waals surface area contributed by atoms with E-state index in [-0.39, 0.29) is 0 Å². The first-order chi connectivity index (χ1) is 7.70. The summed E-state index contributed by atoms with van der Waals surface area (Å²) in [6, 6.07) is 4.12. The number of thiol groups is 1. The second-order valence-corrected chi connectivity index (χ2v) is 5.47. The highest BCUT2D eigenvalue weighted by atomic mass is 33.1. The summed E-state index contributed by atoms with van der Waals surface area (Å²) in [5.41, 5.74) is 2.93. The number of aromatic amines is 1. The molecule has 3 nitrogen and oxygen atoms in total. The van der Waals surface area contributed by atoms with Gasteiger partial charge in [-0.1, -0.05) is 24.6 Å². The second kappa shape index (κ2) is 5.10. The first-order valence-corrected chi connectivity index (χ1v) is 7.36. The van der Waals surface area contributed by atoms with Gasteiger partial charge in [0.25, 0.3) is 0 Å². The summed E-state index contributed by atoms with van der Waals surface area (Å²) in [5.74, 6) is 2.39. The minimum absolute atomic E-state index is 0.442. The maximum absolute atomic E-state index is 4.54. The van der Waals surface area contributed by atoms with Crippen molar-refractivity contribution in [1.29, 1.82) is 0 Å². The smallest absolute Gasteiger partial charge is 0.177 e. The van der Waals surface area contributed by atoms with Crippen LogP contribution in [0, 0.1) is 0 Å². The van der Waals surface area contributed by atoms with Crippen LogP contribution in [0.5, 0.6) is 0 Å². The lowest BCUT2D eigenvalue weighted by Gasteiger charge is -2.01. The molecule has 0 unspecified atom stereocenters. The summed E-state index contributed by atoms with van der Waals surface area (Å²) < 4.78 is 0. The first kappa shape index (κ1) is 11.8. The number of hydrogen-bond acceptors (Lipinski definition) is 4. The normalized spacial score (nSPS) is 11.5. The van der Waals surface area contributed by atoms with Crippen molar-refractivity contribution in [2.45, 2.75) is 26.2 Å². The number of imidazole rings is 1. The third-order valence-electron chi connectivity index (χ3n) is 2.44. The molecule has 0 aliphatic rings. The zero-order valence-corrected chi connectivity index (χ0v) is 11.1. The van der Waals surface area contributed by atoms with Crippen LogP contribution in [0.1, 0.15) is 31.3 Å². The second-order valence-electron chi connectivity index (χ2n) is 4.03. The van der Waals surface area contributed by atoms with Gasteiger partial charge in [0.05, 0.1) is 5.52 Å². The Labute approximate surface area is 104 Å². The molecule has 2 aromatic heterocycles. The van der Waals surface area contributed by atoms with Crippen LogP contribution in [0.2, 0.25) is 0 Å². The van der Waals surface area contributed by atoms with Crippen molar-refractivity contribution >= 4 is 33.6 Å². The van der Waals surface area contributed by atoms with Crippen LogP contribution < -0.4 is 0 Å². The van der Waals surface area contributed by atoms with Crippen LogP contribution in [-0.2, 0) is 6.42 Å². The molecule has 86 valence electrons. The molecular weight excluding hydrogens is 238 g/mol. The fourth-order valence-corrected chi connectivity index (χ4v) is 2.10. The average molecular weight is 253 g/mol. The van der Waals surface area contributed by atoms with Crippen molar-refractivity contribution in [3.63, 3.8) is 0 Å². The summed E-state index contributed by atoms with van der Waals surface area (Å²) in [6.45, 7) is 4.28. The number of nitrogens with one attached hydrogen (secondary N) is 1. The number of aromatic nitrogens is 3. The lowest BCUT2D eigenvalue weighted by molar-refractivity contribution is 0.828. The van der Waals surface area contributed by atoms with Crippen molar-refractivity contribution in [1.82, 2.24) is 15.0 Å². The van der Waals surface area contributed by atoms with Gasteiger partial charge >= 0.3 is 0 Å². The van der Waals surface area contributed by atoms with Crippen LogP contribution in [0.15, 0.2) is 12.1 Å². The lowest BCUT2D eigenvalue weighted by atomic mass is 10.1. The van der Waals surface area contributed by atoms with Gasteiger partial charge in [0, 0.05) is 17.9 Å². The zero-order chi connectivity index (χ0) is 11.5. The molecule has 0 bridgehead atoms. The van der Waals surface area contributed by atoms with Crippen LogP contribution >= 0.6 is 22.5 Å². The van der Waals surface area contributed by atoms with Gasteiger partial charge in [0.15, 0.2) is 5.65 Å². The van der Waals surface area contributed by atoms with Crippen molar-refractivity contribution in [2.75, 3.05) is 5.75 Å². The highest BCUT2D eigenvalue weighted by Crippen LogP contribution is 2.17. The molecule has 1 N–H and O–H groups in total. The molecule has 0 saturated carbocycles. The molecule has 16 heavy (non-hydrogen) atoms. The number of H-pyrrole nitrogens is 1. The molecule has 0 fully saturated rings. The molecule has 0 amide bonds. The van der Waals surface area contributed by atoms with Gasteiger partial charge in [0.2, 0.25) is 0 Å². The molecule has 0 atom stereocenters. The summed E-state index contributed by atoms with van der Waals surface area (Å²) >= 11 is 4.12. The van der Waals surface area contributed by atoms with Gasteiger partial charge in [-0.3, -0.25) is 0 Å². The van der Waals surface area contributed by atoms with Gasteiger partial charge in [-0.15, -0.1) is 11.7 Å². The van der Waals surface area contributed by atoms with Crippen LogP contribution in [0.3, 0.4) is 0 Å². The van der Waals surface area contributed by atoms with E-state index in [0.717, 1.165) is 34.9 Å². The monoisotopic (exact) mass is 253 g/mol. The summed E-state index contributed by atoms with van der Waals surface area (Å²) in [7, 11) is 1.53. The first-order valence-electron chi connectivity index (χ1n) is 5.32. The van der Waals surface area contributed by atoms with Gasteiger partial charge in [-0.25, -0.2) is 9.97 Å². The van der Waals surface area contributed by atoms with E-state index < -0.39 is 0 Å². The molecule has 0 aliphatic carbocycles. The molecule has 0 spiro atoms. The number of pyridine rings is 1. The molecule has 5 heteroatoms. The Hall–Kier alpha value is -0.680. The number of nitrogens with zero attached hydrogens (tertiary/aromatic N) is 2. The topological polar surface area (TPSA) is 41.6 Å². The lowest BCUT2D eigenvalue weighted by Crippen LogP contribution is -1.92. The fourth-order valence-electron chi connectivity index (χ4n) is 1.54. The van der Waals surface area contributed by atoms with Crippen molar-refractivity contribution in [2.24, 2.45) is 0 Å². The Morgan fingerprint density at radius 3 is 2.88 bits per heavy atom. The number of hydrogen-bond donors (Lipinski definition) is 2. The van der Waals surface area contributed by atoms with E-state index in [1.165, 1.54) is 10.8 Å². The molecule has 0 radical (unpaired) electrons. The standard InChI is InChI=1S/C11H15N3S2/c1-7(2)8-3-4-9-11(13-8)14-10(12-9)5-6-16-15/h3-4,7,15H,5-6H2,1-2H3,(H,12,13,14). The van der Waals surface area contributed by atoms with Crippen LogP contribution in [0.4, 0.5) is 0 Å². The Kier molecular flexibility index (Phi) is 3.76. The highest BCUT2D eigenvalue weighted by molar-refractivity contribution is 8.68. The summed E-state index contributed by atoms with van der Waals surface area (Å²) in [5, 5.41) is 0. The Balaban J connectivity index is 2.30. The predicted octanol–water partition coefficient (Wildman–Crippen LogP) is 3.20. The maximum Gasteiger partial charge on any atom is 0.177 e. The largest absolute Gasteiger partial charge is 0.341 e. The van der Waals surface area contributed by atoms with Crippen LogP contribution in [0.25, 0.3) is 11.2 Å². The van der Waals surface area contributed by atoms with Gasteiger partial charge in [-0.2, -0.15) is 0 Å². The Morgan fingerprint density at radius 1 is 1.38 bits per heavy atom. The molecule has 2 aromatic rings. The van der Waals surface area contributed by atoms with E-state index >= 15 is 0 Å². The SMILES string of the molecule is CC(C)c1ccc2[nH]c(CCSS)nc2n1. The van der Waals surface area contributed by atoms with Crippen LogP contribution in [-0.4, -0.2) is 20.7 Å². The third kappa shape index (κ3) is 2.52. The van der Waals surface area contributed by atoms with E-state index in [2.05, 4.69) is 52.6 Å². The molecule has 2 rings (SSSR count). The third-order valence-corrected chi connectivity index (χ3v) is 3.37. The summed E-state index contributed by atoms with van der Waals surface area (Å²) in [6.07, 6.45) is 0.904. The van der Waals surface area contributed by atoms with Crippen molar-refractivity contribution in [3.8, 4) is 0 Å². The van der Waals surface area contributed by atoms with E-state index in [4.69, 9.17) is 0 Å². The molecule has 0 aliphatic heterocycles. The summed E-state index contributed by atoms with van der Waals surface area (Å²) in [4.78, 5) is 12.3. The van der Waals surface area contributed by atoms with Crippen molar-refractivity contribution < 1.29 is 0 Å². The van der Waals surface area contributed by atoms with E-state index in [9.17, 15) is 0 Å². The zero-order valence-electron chi connectivity index (χ0n) is 9.40. The fraction of sp³-hybridized carbons (Fsp3) is 0.455. The number of aryl methyl sites for hydroxylation is 1. The molecule has 2 heterocycles. The number of rotatable bonds is 4. The molecular formula is C11H15N3S2. The van der Waals surface area contributed by atoms with E-state index in [1.54, 1.807) is 0 Å². The minimum atomic E-state index is 0.442. The van der Waals surface area contributed by atoms with Crippen molar-refractivity contribution in [3.05, 3.63) is 23.7 Å².